The Morgan fingerprint density at radius 2 is 1.84 bits per heavy atom. The number of hydrogen-bond acceptors (Lipinski definition) is 2. The van der Waals surface area contributed by atoms with Crippen molar-refractivity contribution in [1.29, 1.82) is 0 Å². The first-order valence-corrected chi connectivity index (χ1v) is 8.65. The molecule has 1 unspecified atom stereocenters. The van der Waals surface area contributed by atoms with E-state index < -0.39 is 12.1 Å². The first-order valence-electron chi connectivity index (χ1n) is 8.65. The number of nitrogens with zero attached hydrogens (tertiary/aromatic N) is 1. The van der Waals surface area contributed by atoms with Crippen LogP contribution < -0.4 is 9.64 Å². The Morgan fingerprint density at radius 1 is 1.16 bits per heavy atom. The van der Waals surface area contributed by atoms with Crippen molar-refractivity contribution in [3.63, 3.8) is 0 Å². The Labute approximate surface area is 149 Å². The summed E-state index contributed by atoms with van der Waals surface area (Å²) in [6.45, 7) is 6.87. The molecule has 0 heterocycles. The maximum atomic E-state index is 12.7. The van der Waals surface area contributed by atoms with E-state index in [1.54, 1.807) is 19.3 Å². The molecule has 5 heteroatoms. The Morgan fingerprint density at radius 3 is 2.36 bits per heavy atom. The summed E-state index contributed by atoms with van der Waals surface area (Å²) < 4.78 is 43.3. The zero-order valence-electron chi connectivity index (χ0n) is 15.1. The molecule has 0 saturated heterocycles. The van der Waals surface area contributed by atoms with Crippen molar-refractivity contribution >= 4 is 5.69 Å². The van der Waals surface area contributed by atoms with Gasteiger partial charge >= 0.3 is 6.18 Å². The number of allylic oxidation sites excluding steroid dienone is 2. The fourth-order valence-corrected chi connectivity index (χ4v) is 2.48. The molecule has 2 nitrogen and oxygen atoms in total. The molecule has 0 fully saturated rings. The molecule has 0 aliphatic heterocycles. The van der Waals surface area contributed by atoms with Crippen LogP contribution in [0.5, 0.6) is 5.75 Å². The minimum absolute atomic E-state index is 0.0710. The lowest BCUT2D eigenvalue weighted by Crippen LogP contribution is -2.24. The van der Waals surface area contributed by atoms with Gasteiger partial charge in [0.2, 0.25) is 0 Å². The van der Waals surface area contributed by atoms with Gasteiger partial charge < -0.3 is 9.64 Å². The van der Waals surface area contributed by atoms with Crippen molar-refractivity contribution in [2.24, 2.45) is 5.92 Å². The number of rotatable bonds is 11. The predicted molar refractivity (Wildman–Crippen MR) is 98.2 cm³/mol. The van der Waals surface area contributed by atoms with E-state index >= 15 is 0 Å². The van der Waals surface area contributed by atoms with E-state index in [2.05, 4.69) is 18.4 Å². The third-order valence-corrected chi connectivity index (χ3v) is 4.06. The number of methoxy groups -OCH3 is 1. The topological polar surface area (TPSA) is 12.5 Å². The van der Waals surface area contributed by atoms with Gasteiger partial charge in [0.25, 0.3) is 0 Å². The molecule has 140 valence electrons. The van der Waals surface area contributed by atoms with Gasteiger partial charge in [-0.1, -0.05) is 38.0 Å². The molecule has 25 heavy (non-hydrogen) atoms. The quantitative estimate of drug-likeness (QED) is 0.356. The van der Waals surface area contributed by atoms with E-state index in [-0.39, 0.29) is 6.42 Å². The molecule has 0 aliphatic carbocycles. The lowest BCUT2D eigenvalue weighted by Gasteiger charge is -2.24. The monoisotopic (exact) mass is 355 g/mol. The largest absolute Gasteiger partial charge is 0.497 e. The van der Waals surface area contributed by atoms with E-state index in [0.717, 1.165) is 43.3 Å². The van der Waals surface area contributed by atoms with E-state index in [1.165, 1.54) is 0 Å². The Kier molecular flexibility index (Phi) is 9.17. The van der Waals surface area contributed by atoms with Gasteiger partial charge in [-0.2, -0.15) is 13.2 Å². The molecule has 0 radical (unpaired) electrons. The van der Waals surface area contributed by atoms with Gasteiger partial charge in [-0.3, -0.25) is 0 Å². The predicted octanol–water partition coefficient (Wildman–Crippen LogP) is 6.00. The van der Waals surface area contributed by atoms with E-state index in [9.17, 15) is 13.2 Å². The molecular formula is C20H28F3NO. The van der Waals surface area contributed by atoms with Crippen LogP contribution in [-0.4, -0.2) is 26.4 Å². The van der Waals surface area contributed by atoms with Crippen LogP contribution in [0.2, 0.25) is 0 Å². The highest BCUT2D eigenvalue weighted by Crippen LogP contribution is 2.29. The number of benzene rings is 1. The van der Waals surface area contributed by atoms with Crippen molar-refractivity contribution in [2.45, 2.75) is 38.8 Å². The van der Waals surface area contributed by atoms with Gasteiger partial charge in [0.05, 0.1) is 13.0 Å². The number of unbranched alkanes of at least 4 members (excludes halogenated alkanes) is 2. The number of ether oxygens (including phenoxy) is 1. The zero-order valence-corrected chi connectivity index (χ0v) is 15.1. The minimum Gasteiger partial charge on any atom is -0.497 e. The number of anilines is 1. The average Bonchev–Trinajstić information content (AvgIpc) is 2.59. The molecule has 0 aliphatic rings. The molecule has 0 aromatic heterocycles. The van der Waals surface area contributed by atoms with Crippen molar-refractivity contribution in [3.05, 3.63) is 49.1 Å². The summed E-state index contributed by atoms with van der Waals surface area (Å²) in [5.74, 6) is -0.704. The van der Waals surface area contributed by atoms with Crippen LogP contribution >= 0.6 is 0 Å². The SMILES string of the molecule is C=CC(C/C=C/CN(CCCCC)c1ccc(OC)cc1)C(F)(F)F. The molecule has 1 rings (SSSR count). The summed E-state index contributed by atoms with van der Waals surface area (Å²) in [7, 11) is 1.62. The third-order valence-electron chi connectivity index (χ3n) is 4.06. The standard InChI is InChI=1S/C20H28F3NO/c1-4-6-8-15-24(18-11-13-19(25-3)14-12-18)16-9-7-10-17(5-2)20(21,22)23/h5,7,9,11-14,17H,2,4,6,8,10,15-16H2,1,3H3/b9-7+. The van der Waals surface area contributed by atoms with Crippen LogP contribution in [0.3, 0.4) is 0 Å². The molecule has 1 aromatic carbocycles. The minimum atomic E-state index is -4.23. The van der Waals surface area contributed by atoms with Crippen LogP contribution in [0.25, 0.3) is 0 Å². The van der Waals surface area contributed by atoms with Gasteiger partial charge in [-0.25, -0.2) is 0 Å². The maximum Gasteiger partial charge on any atom is 0.395 e. The van der Waals surface area contributed by atoms with E-state index in [0.29, 0.717) is 6.54 Å². The highest BCUT2D eigenvalue weighted by atomic mass is 19.4. The fourth-order valence-electron chi connectivity index (χ4n) is 2.48. The van der Waals surface area contributed by atoms with Crippen molar-refractivity contribution in [3.8, 4) is 5.75 Å². The second-order valence-electron chi connectivity index (χ2n) is 5.94. The Hall–Kier alpha value is -1.91. The number of alkyl halides is 3. The summed E-state index contributed by atoms with van der Waals surface area (Å²) in [6, 6.07) is 7.73. The van der Waals surface area contributed by atoms with Crippen molar-refractivity contribution in [2.75, 3.05) is 25.1 Å². The van der Waals surface area contributed by atoms with Crippen molar-refractivity contribution < 1.29 is 17.9 Å². The first-order chi connectivity index (χ1) is 11.9. The van der Waals surface area contributed by atoms with Gasteiger partial charge in [-0.05, 0) is 37.1 Å². The molecule has 0 spiro atoms. The lowest BCUT2D eigenvalue weighted by atomic mass is 10.1. The number of hydrogen-bond donors (Lipinski definition) is 0. The van der Waals surface area contributed by atoms with E-state index in [1.807, 2.05) is 24.3 Å². The highest BCUT2D eigenvalue weighted by Gasteiger charge is 2.36. The fraction of sp³-hybridized carbons (Fsp3) is 0.500. The number of halogens is 3. The zero-order chi connectivity index (χ0) is 18.7. The van der Waals surface area contributed by atoms with Crippen LogP contribution in [0.4, 0.5) is 18.9 Å². The average molecular weight is 355 g/mol. The Balaban J connectivity index is 2.69. The summed E-state index contributed by atoms with van der Waals surface area (Å²) in [5.41, 5.74) is 1.04. The molecule has 0 amide bonds. The van der Waals surface area contributed by atoms with Crippen LogP contribution in [0.1, 0.15) is 32.6 Å². The van der Waals surface area contributed by atoms with Crippen LogP contribution in [0, 0.1) is 5.92 Å². The smallest absolute Gasteiger partial charge is 0.395 e. The molecule has 1 atom stereocenters. The normalized spacial score (nSPS) is 13.0. The molecule has 0 saturated carbocycles. The summed E-state index contributed by atoms with van der Waals surface area (Å²) >= 11 is 0. The summed E-state index contributed by atoms with van der Waals surface area (Å²) in [5, 5.41) is 0. The van der Waals surface area contributed by atoms with Gasteiger partial charge in [0, 0.05) is 18.8 Å². The summed E-state index contributed by atoms with van der Waals surface area (Å²) in [6.07, 6.45) is 3.36. The molecule has 1 aromatic rings. The van der Waals surface area contributed by atoms with Crippen LogP contribution in [0.15, 0.2) is 49.1 Å². The highest BCUT2D eigenvalue weighted by molar-refractivity contribution is 5.49. The second-order valence-corrected chi connectivity index (χ2v) is 5.94. The van der Waals surface area contributed by atoms with Gasteiger partial charge in [0.15, 0.2) is 0 Å². The van der Waals surface area contributed by atoms with Crippen LogP contribution in [-0.2, 0) is 0 Å². The second kappa shape index (κ2) is 10.9. The summed E-state index contributed by atoms with van der Waals surface area (Å²) in [4.78, 5) is 2.17. The maximum absolute atomic E-state index is 12.7. The molecule has 0 bridgehead atoms. The first kappa shape index (κ1) is 21.1. The van der Waals surface area contributed by atoms with E-state index in [4.69, 9.17) is 4.74 Å². The molecule has 0 N–H and O–H groups in total. The van der Waals surface area contributed by atoms with Crippen molar-refractivity contribution in [1.82, 2.24) is 0 Å². The molecular weight excluding hydrogens is 327 g/mol. The van der Waals surface area contributed by atoms with Gasteiger partial charge in [0.1, 0.15) is 5.75 Å². The third kappa shape index (κ3) is 7.67. The Bertz CT molecular complexity index is 523. The lowest BCUT2D eigenvalue weighted by molar-refractivity contribution is -0.160. The van der Waals surface area contributed by atoms with Gasteiger partial charge in [-0.15, -0.1) is 6.58 Å².